The van der Waals surface area contributed by atoms with Gasteiger partial charge in [-0.15, -0.1) is 0 Å². The Morgan fingerprint density at radius 3 is 2.71 bits per heavy atom. The SMILES string of the molecule is Cc1noc(Cl)c1CCC(=O)N(C)CC(=O)Nc1ccccc1Br. The number of hydrogen-bond donors (Lipinski definition) is 1. The lowest BCUT2D eigenvalue weighted by Crippen LogP contribution is -2.35. The van der Waals surface area contributed by atoms with Crippen LogP contribution in [0, 0.1) is 6.92 Å². The minimum atomic E-state index is -0.267. The van der Waals surface area contributed by atoms with E-state index in [-0.39, 0.29) is 30.0 Å². The molecule has 0 radical (unpaired) electrons. The highest BCUT2D eigenvalue weighted by atomic mass is 79.9. The predicted octanol–water partition coefficient (Wildman–Crippen LogP) is 3.43. The summed E-state index contributed by atoms with van der Waals surface area (Å²) in [6.07, 6.45) is 0.643. The normalized spacial score (nSPS) is 10.5. The van der Waals surface area contributed by atoms with Gasteiger partial charge in [-0.25, -0.2) is 0 Å². The van der Waals surface area contributed by atoms with E-state index in [1.807, 2.05) is 18.2 Å². The molecule has 6 nitrogen and oxygen atoms in total. The lowest BCUT2D eigenvalue weighted by atomic mass is 10.1. The lowest BCUT2D eigenvalue weighted by molar-refractivity contribution is -0.133. The van der Waals surface area contributed by atoms with E-state index in [4.69, 9.17) is 16.1 Å². The molecule has 0 aliphatic heterocycles. The lowest BCUT2D eigenvalue weighted by Gasteiger charge is -2.17. The molecule has 1 heterocycles. The van der Waals surface area contributed by atoms with E-state index in [0.717, 1.165) is 10.0 Å². The molecule has 0 saturated heterocycles. The molecule has 0 saturated carbocycles. The summed E-state index contributed by atoms with van der Waals surface area (Å²) in [5.74, 6) is -0.425. The first-order valence-electron chi connectivity index (χ1n) is 7.27. The number of nitrogens with zero attached hydrogens (tertiary/aromatic N) is 2. The Bertz CT molecular complexity index is 728. The van der Waals surface area contributed by atoms with Crippen molar-refractivity contribution in [3.63, 3.8) is 0 Å². The summed E-state index contributed by atoms with van der Waals surface area (Å²) >= 11 is 9.23. The van der Waals surface area contributed by atoms with E-state index < -0.39 is 0 Å². The Kier molecular flexibility index (Phi) is 6.39. The molecule has 2 rings (SSSR count). The van der Waals surface area contributed by atoms with Crippen LogP contribution in [0.15, 0.2) is 33.3 Å². The Morgan fingerprint density at radius 1 is 1.38 bits per heavy atom. The van der Waals surface area contributed by atoms with E-state index >= 15 is 0 Å². The van der Waals surface area contributed by atoms with Crippen molar-refractivity contribution in [3.05, 3.63) is 45.2 Å². The van der Waals surface area contributed by atoms with Crippen molar-refractivity contribution in [2.24, 2.45) is 0 Å². The van der Waals surface area contributed by atoms with Crippen molar-refractivity contribution < 1.29 is 14.1 Å². The van der Waals surface area contributed by atoms with Crippen molar-refractivity contribution in [2.45, 2.75) is 19.8 Å². The molecule has 0 atom stereocenters. The standard InChI is InChI=1S/C16H17BrClN3O3/c1-10-11(16(18)24-20-10)7-8-15(23)21(2)9-14(22)19-13-6-4-3-5-12(13)17/h3-6H,7-9H2,1-2H3,(H,19,22). The van der Waals surface area contributed by atoms with E-state index in [1.54, 1.807) is 20.0 Å². The Balaban J connectivity index is 1.85. The van der Waals surface area contributed by atoms with Crippen LogP contribution < -0.4 is 5.32 Å². The average molecular weight is 415 g/mol. The monoisotopic (exact) mass is 413 g/mol. The van der Waals surface area contributed by atoms with Gasteiger partial charge in [0.1, 0.15) is 0 Å². The van der Waals surface area contributed by atoms with E-state index in [0.29, 0.717) is 17.8 Å². The zero-order chi connectivity index (χ0) is 17.7. The Labute approximate surface area is 153 Å². The van der Waals surface area contributed by atoms with Crippen LogP contribution in [0.3, 0.4) is 0 Å². The second kappa shape index (κ2) is 8.30. The van der Waals surface area contributed by atoms with Gasteiger partial charge in [-0.05, 0) is 53.0 Å². The summed E-state index contributed by atoms with van der Waals surface area (Å²) in [6.45, 7) is 1.74. The zero-order valence-corrected chi connectivity index (χ0v) is 15.6. The summed E-state index contributed by atoms with van der Waals surface area (Å²) in [5.41, 5.74) is 2.05. The number of carbonyl (C=O) groups excluding carboxylic acids is 2. The van der Waals surface area contributed by atoms with Gasteiger partial charge in [-0.3, -0.25) is 9.59 Å². The number of halogens is 2. The molecule has 0 aliphatic carbocycles. The van der Waals surface area contributed by atoms with Crippen LogP contribution in [-0.2, 0) is 16.0 Å². The molecular formula is C16H17BrClN3O3. The van der Waals surface area contributed by atoms with Crippen LogP contribution in [-0.4, -0.2) is 35.5 Å². The molecule has 1 N–H and O–H groups in total. The third kappa shape index (κ3) is 4.82. The van der Waals surface area contributed by atoms with Crippen LogP contribution >= 0.6 is 27.5 Å². The number of para-hydroxylation sites is 1. The summed E-state index contributed by atoms with van der Waals surface area (Å²) in [6, 6.07) is 7.28. The van der Waals surface area contributed by atoms with E-state index in [9.17, 15) is 9.59 Å². The molecule has 8 heteroatoms. The number of carbonyl (C=O) groups is 2. The molecule has 0 unspecified atom stereocenters. The van der Waals surface area contributed by atoms with Gasteiger partial charge in [0.05, 0.1) is 17.9 Å². The summed E-state index contributed by atoms with van der Waals surface area (Å²) in [5, 5.41) is 6.70. The van der Waals surface area contributed by atoms with E-state index in [1.165, 1.54) is 4.90 Å². The van der Waals surface area contributed by atoms with Crippen molar-refractivity contribution in [3.8, 4) is 0 Å². The van der Waals surface area contributed by atoms with Gasteiger partial charge in [0.15, 0.2) is 0 Å². The van der Waals surface area contributed by atoms with E-state index in [2.05, 4.69) is 26.4 Å². The van der Waals surface area contributed by atoms with Crippen LogP contribution in [0.4, 0.5) is 5.69 Å². The molecule has 24 heavy (non-hydrogen) atoms. The summed E-state index contributed by atoms with van der Waals surface area (Å²) < 4.78 is 5.63. The van der Waals surface area contributed by atoms with Gasteiger partial charge in [-0.2, -0.15) is 0 Å². The second-order valence-corrected chi connectivity index (χ2v) is 6.50. The van der Waals surface area contributed by atoms with Crippen LogP contribution in [0.2, 0.25) is 5.22 Å². The molecule has 1 aromatic heterocycles. The van der Waals surface area contributed by atoms with Crippen molar-refractivity contribution in [1.29, 1.82) is 0 Å². The molecule has 0 aliphatic rings. The molecule has 1 aromatic carbocycles. The highest BCUT2D eigenvalue weighted by Gasteiger charge is 2.17. The van der Waals surface area contributed by atoms with Crippen molar-refractivity contribution >= 4 is 45.0 Å². The van der Waals surface area contributed by atoms with Gasteiger partial charge in [-0.1, -0.05) is 17.3 Å². The number of amides is 2. The number of nitrogens with one attached hydrogen (secondary N) is 1. The Hall–Kier alpha value is -1.86. The number of hydrogen-bond acceptors (Lipinski definition) is 4. The Morgan fingerprint density at radius 2 is 2.08 bits per heavy atom. The number of aryl methyl sites for hydroxylation is 1. The fourth-order valence-corrected chi connectivity index (χ4v) is 2.77. The van der Waals surface area contributed by atoms with Crippen molar-refractivity contribution in [1.82, 2.24) is 10.1 Å². The quantitative estimate of drug-likeness (QED) is 0.786. The maximum absolute atomic E-state index is 12.2. The van der Waals surface area contributed by atoms with Crippen LogP contribution in [0.25, 0.3) is 0 Å². The first-order valence-corrected chi connectivity index (χ1v) is 8.44. The summed E-state index contributed by atoms with van der Waals surface area (Å²) in [4.78, 5) is 25.6. The molecule has 2 amide bonds. The highest BCUT2D eigenvalue weighted by Crippen LogP contribution is 2.22. The van der Waals surface area contributed by atoms with Gasteiger partial charge in [0, 0.05) is 23.5 Å². The maximum Gasteiger partial charge on any atom is 0.244 e. The number of likely N-dealkylation sites (N-methyl/N-ethyl adjacent to an activating group) is 1. The molecule has 0 spiro atoms. The minimum absolute atomic E-state index is 0.0312. The third-order valence-electron chi connectivity index (χ3n) is 3.48. The number of aromatic nitrogens is 1. The highest BCUT2D eigenvalue weighted by molar-refractivity contribution is 9.10. The molecule has 2 aromatic rings. The fraction of sp³-hybridized carbons (Fsp3) is 0.312. The zero-order valence-electron chi connectivity index (χ0n) is 13.3. The minimum Gasteiger partial charge on any atom is -0.344 e. The molecule has 0 bridgehead atoms. The van der Waals surface area contributed by atoms with Crippen LogP contribution in [0.1, 0.15) is 17.7 Å². The third-order valence-corrected chi connectivity index (χ3v) is 4.47. The number of benzene rings is 1. The first-order chi connectivity index (χ1) is 11.4. The topological polar surface area (TPSA) is 75.4 Å². The van der Waals surface area contributed by atoms with Gasteiger partial charge < -0.3 is 14.7 Å². The number of rotatable bonds is 6. The van der Waals surface area contributed by atoms with Gasteiger partial charge >= 0.3 is 0 Å². The smallest absolute Gasteiger partial charge is 0.244 e. The molecular weight excluding hydrogens is 398 g/mol. The first kappa shape index (κ1) is 18.5. The fourth-order valence-electron chi connectivity index (χ4n) is 2.12. The van der Waals surface area contributed by atoms with Crippen molar-refractivity contribution in [2.75, 3.05) is 18.9 Å². The van der Waals surface area contributed by atoms with Gasteiger partial charge in [0.25, 0.3) is 0 Å². The largest absolute Gasteiger partial charge is 0.344 e. The maximum atomic E-state index is 12.2. The summed E-state index contributed by atoms with van der Waals surface area (Å²) in [7, 11) is 1.59. The molecule has 128 valence electrons. The average Bonchev–Trinajstić information content (AvgIpc) is 2.85. The number of anilines is 1. The van der Waals surface area contributed by atoms with Crippen LogP contribution in [0.5, 0.6) is 0 Å². The second-order valence-electron chi connectivity index (χ2n) is 5.30. The van der Waals surface area contributed by atoms with Gasteiger partial charge in [0.2, 0.25) is 17.0 Å². The predicted molar refractivity (Wildman–Crippen MR) is 95.0 cm³/mol. The molecule has 0 fully saturated rings.